The predicted octanol–water partition coefficient (Wildman–Crippen LogP) is 3.92. The summed E-state index contributed by atoms with van der Waals surface area (Å²) in [5, 5.41) is 5.59. The molecule has 27 heavy (non-hydrogen) atoms. The van der Waals surface area contributed by atoms with E-state index in [-0.39, 0.29) is 0 Å². The Bertz CT molecular complexity index is 839. The van der Waals surface area contributed by atoms with Crippen LogP contribution in [0.3, 0.4) is 0 Å². The van der Waals surface area contributed by atoms with Crippen LogP contribution in [0.2, 0.25) is 0 Å². The smallest absolute Gasteiger partial charge is 0.239 e. The lowest BCUT2D eigenvalue weighted by Gasteiger charge is -2.23. The van der Waals surface area contributed by atoms with E-state index in [0.29, 0.717) is 22.9 Å². The van der Waals surface area contributed by atoms with E-state index < -0.39 is 17.2 Å². The fraction of sp³-hybridized carbons (Fsp3) is 0.333. The third-order valence-electron chi connectivity index (χ3n) is 4.27. The molecule has 2 aromatic carbocycles. The SMILES string of the molecule is COc1ccc(NC(=O)C(C)(C)C(=O)Nc2cc(C)cc(C)c2)c(OC)c1. The topological polar surface area (TPSA) is 76.7 Å². The Morgan fingerprint density at radius 2 is 1.44 bits per heavy atom. The molecule has 2 aromatic rings. The summed E-state index contributed by atoms with van der Waals surface area (Å²) in [5.41, 5.74) is 1.92. The van der Waals surface area contributed by atoms with Gasteiger partial charge >= 0.3 is 0 Å². The second kappa shape index (κ2) is 8.12. The largest absolute Gasteiger partial charge is 0.497 e. The Kier molecular flexibility index (Phi) is 6.10. The molecule has 0 fully saturated rings. The summed E-state index contributed by atoms with van der Waals surface area (Å²) < 4.78 is 10.4. The minimum atomic E-state index is -1.29. The van der Waals surface area contributed by atoms with Gasteiger partial charge in [0.2, 0.25) is 11.8 Å². The Morgan fingerprint density at radius 3 is 2.00 bits per heavy atom. The fourth-order valence-electron chi connectivity index (χ4n) is 2.62. The standard InChI is InChI=1S/C21H26N2O4/c1-13-9-14(2)11-15(10-13)22-19(24)21(3,4)20(25)23-17-8-7-16(26-5)12-18(17)27-6/h7-12H,1-6H3,(H,22,24)(H,23,25). The summed E-state index contributed by atoms with van der Waals surface area (Å²) in [6, 6.07) is 10.8. The number of aryl methyl sites for hydroxylation is 2. The van der Waals surface area contributed by atoms with Crippen molar-refractivity contribution < 1.29 is 19.1 Å². The molecular formula is C21H26N2O4. The number of anilines is 2. The molecule has 2 N–H and O–H groups in total. The van der Waals surface area contributed by atoms with Gasteiger partial charge in [0.15, 0.2) is 0 Å². The van der Waals surface area contributed by atoms with Crippen molar-refractivity contribution in [1.82, 2.24) is 0 Å². The van der Waals surface area contributed by atoms with Gasteiger partial charge in [0.25, 0.3) is 0 Å². The number of benzene rings is 2. The molecule has 0 aliphatic rings. The highest BCUT2D eigenvalue weighted by Crippen LogP contribution is 2.31. The van der Waals surface area contributed by atoms with Crippen LogP contribution in [-0.2, 0) is 9.59 Å². The molecule has 0 radical (unpaired) electrons. The molecule has 0 bridgehead atoms. The van der Waals surface area contributed by atoms with Crippen LogP contribution in [-0.4, -0.2) is 26.0 Å². The van der Waals surface area contributed by atoms with Crippen molar-refractivity contribution in [3.63, 3.8) is 0 Å². The zero-order chi connectivity index (χ0) is 20.2. The van der Waals surface area contributed by atoms with E-state index in [1.54, 1.807) is 39.2 Å². The number of methoxy groups -OCH3 is 2. The maximum atomic E-state index is 12.8. The molecule has 0 heterocycles. The molecule has 0 spiro atoms. The Morgan fingerprint density at radius 1 is 0.852 bits per heavy atom. The lowest BCUT2D eigenvalue weighted by Crippen LogP contribution is -2.41. The van der Waals surface area contributed by atoms with Crippen LogP contribution < -0.4 is 20.1 Å². The number of carbonyl (C=O) groups is 2. The summed E-state index contributed by atoms with van der Waals surface area (Å²) in [6.07, 6.45) is 0. The van der Waals surface area contributed by atoms with Gasteiger partial charge in [-0.3, -0.25) is 9.59 Å². The summed E-state index contributed by atoms with van der Waals surface area (Å²) in [6.45, 7) is 7.07. The molecule has 0 aromatic heterocycles. The summed E-state index contributed by atoms with van der Waals surface area (Å²) in [7, 11) is 3.05. The molecule has 0 saturated carbocycles. The summed E-state index contributed by atoms with van der Waals surface area (Å²) in [5.74, 6) is 0.232. The van der Waals surface area contributed by atoms with Gasteiger partial charge in [-0.15, -0.1) is 0 Å². The van der Waals surface area contributed by atoms with Crippen molar-refractivity contribution >= 4 is 23.2 Å². The third-order valence-corrected chi connectivity index (χ3v) is 4.27. The molecule has 2 rings (SSSR count). The van der Waals surface area contributed by atoms with Gasteiger partial charge in [0.05, 0.1) is 19.9 Å². The van der Waals surface area contributed by atoms with Crippen molar-refractivity contribution in [1.29, 1.82) is 0 Å². The maximum absolute atomic E-state index is 12.8. The summed E-state index contributed by atoms with van der Waals surface area (Å²) >= 11 is 0. The van der Waals surface area contributed by atoms with E-state index in [0.717, 1.165) is 11.1 Å². The molecule has 2 amide bonds. The molecule has 6 nitrogen and oxygen atoms in total. The third kappa shape index (κ3) is 4.78. The number of nitrogens with one attached hydrogen (secondary N) is 2. The lowest BCUT2D eigenvalue weighted by molar-refractivity contribution is -0.135. The average Bonchev–Trinajstić information content (AvgIpc) is 2.60. The van der Waals surface area contributed by atoms with Gasteiger partial charge in [-0.1, -0.05) is 6.07 Å². The lowest BCUT2D eigenvalue weighted by atomic mass is 9.90. The van der Waals surface area contributed by atoms with Crippen molar-refractivity contribution in [2.75, 3.05) is 24.9 Å². The van der Waals surface area contributed by atoms with Crippen LogP contribution in [0.15, 0.2) is 36.4 Å². The molecule has 144 valence electrons. The van der Waals surface area contributed by atoms with Crippen molar-refractivity contribution in [3.8, 4) is 11.5 Å². The van der Waals surface area contributed by atoms with E-state index in [2.05, 4.69) is 10.6 Å². The minimum Gasteiger partial charge on any atom is -0.497 e. The van der Waals surface area contributed by atoms with E-state index in [9.17, 15) is 9.59 Å². The van der Waals surface area contributed by atoms with Crippen LogP contribution in [0.25, 0.3) is 0 Å². The molecule has 0 atom stereocenters. The number of ether oxygens (including phenoxy) is 2. The molecule has 0 unspecified atom stereocenters. The first-order valence-electron chi connectivity index (χ1n) is 8.60. The first kappa shape index (κ1) is 20.3. The maximum Gasteiger partial charge on any atom is 0.239 e. The predicted molar refractivity (Wildman–Crippen MR) is 107 cm³/mol. The highest BCUT2D eigenvalue weighted by molar-refractivity contribution is 6.14. The number of hydrogen-bond donors (Lipinski definition) is 2. The first-order chi connectivity index (χ1) is 12.7. The van der Waals surface area contributed by atoms with Crippen LogP contribution >= 0.6 is 0 Å². The highest BCUT2D eigenvalue weighted by Gasteiger charge is 2.36. The van der Waals surface area contributed by atoms with Gasteiger partial charge < -0.3 is 20.1 Å². The second-order valence-corrected chi connectivity index (χ2v) is 6.98. The highest BCUT2D eigenvalue weighted by atomic mass is 16.5. The van der Waals surface area contributed by atoms with E-state index >= 15 is 0 Å². The second-order valence-electron chi connectivity index (χ2n) is 6.98. The van der Waals surface area contributed by atoms with E-state index in [1.807, 2.05) is 32.0 Å². The summed E-state index contributed by atoms with van der Waals surface area (Å²) in [4.78, 5) is 25.5. The van der Waals surface area contributed by atoms with E-state index in [1.165, 1.54) is 7.11 Å². The zero-order valence-electron chi connectivity index (χ0n) is 16.6. The van der Waals surface area contributed by atoms with E-state index in [4.69, 9.17) is 9.47 Å². The van der Waals surface area contributed by atoms with Gasteiger partial charge in [0, 0.05) is 11.8 Å². The van der Waals surface area contributed by atoms with Crippen LogP contribution in [0.4, 0.5) is 11.4 Å². The zero-order valence-corrected chi connectivity index (χ0v) is 16.6. The van der Waals surface area contributed by atoms with Gasteiger partial charge in [0.1, 0.15) is 16.9 Å². The van der Waals surface area contributed by atoms with Gasteiger partial charge in [-0.2, -0.15) is 0 Å². The van der Waals surface area contributed by atoms with Crippen molar-refractivity contribution in [3.05, 3.63) is 47.5 Å². The Labute approximate surface area is 159 Å². The molecule has 0 saturated heterocycles. The van der Waals surface area contributed by atoms with Crippen LogP contribution in [0.1, 0.15) is 25.0 Å². The van der Waals surface area contributed by atoms with Crippen LogP contribution in [0, 0.1) is 19.3 Å². The number of rotatable bonds is 6. The number of hydrogen-bond acceptors (Lipinski definition) is 4. The molecule has 0 aliphatic carbocycles. The number of amides is 2. The van der Waals surface area contributed by atoms with Crippen molar-refractivity contribution in [2.45, 2.75) is 27.7 Å². The fourth-order valence-corrected chi connectivity index (χ4v) is 2.62. The molecule has 6 heteroatoms. The monoisotopic (exact) mass is 370 g/mol. The van der Waals surface area contributed by atoms with Crippen molar-refractivity contribution in [2.24, 2.45) is 5.41 Å². The molecule has 0 aliphatic heterocycles. The van der Waals surface area contributed by atoms with Gasteiger partial charge in [-0.05, 0) is 63.1 Å². The first-order valence-corrected chi connectivity index (χ1v) is 8.60. The van der Waals surface area contributed by atoms with Gasteiger partial charge in [-0.25, -0.2) is 0 Å². The average molecular weight is 370 g/mol. The minimum absolute atomic E-state index is 0.391. The normalized spacial score (nSPS) is 10.9. The Balaban J connectivity index is 2.17. The molecular weight excluding hydrogens is 344 g/mol. The quantitative estimate of drug-likeness (QED) is 0.756. The number of carbonyl (C=O) groups excluding carboxylic acids is 2. The Hall–Kier alpha value is -3.02. The van der Waals surface area contributed by atoms with Crippen LogP contribution in [0.5, 0.6) is 11.5 Å².